The van der Waals surface area contributed by atoms with Gasteiger partial charge in [-0.2, -0.15) is 0 Å². The Hall–Kier alpha value is -2.53. The van der Waals surface area contributed by atoms with E-state index in [2.05, 4.69) is 10.6 Å². The molecule has 2 amide bonds. The van der Waals surface area contributed by atoms with Crippen LogP contribution < -0.4 is 15.4 Å². The zero-order valence-corrected chi connectivity index (χ0v) is 16.8. The minimum atomic E-state index is -1.24. The number of anilines is 1. The van der Waals surface area contributed by atoms with Crippen LogP contribution in [-0.2, 0) is 16.0 Å². The first-order valence-corrected chi connectivity index (χ1v) is 9.11. The van der Waals surface area contributed by atoms with Gasteiger partial charge >= 0.3 is 0 Å². The maximum absolute atomic E-state index is 12.7. The van der Waals surface area contributed by atoms with E-state index >= 15 is 0 Å². The lowest BCUT2D eigenvalue weighted by Crippen LogP contribution is -2.45. The predicted molar refractivity (Wildman–Crippen MR) is 108 cm³/mol. The van der Waals surface area contributed by atoms with E-state index in [4.69, 9.17) is 16.3 Å². The zero-order valence-electron chi connectivity index (χ0n) is 16.1. The summed E-state index contributed by atoms with van der Waals surface area (Å²) in [6, 6.07) is 13.2. The molecule has 6 heteroatoms. The normalized spacial score (nSPS) is 11.0. The number of methoxy groups -OCH3 is 1. The number of benzene rings is 2. The molecule has 2 rings (SSSR count). The number of carbonyl (C=O) groups excluding carboxylic acids is 2. The topological polar surface area (TPSA) is 67.4 Å². The number of amides is 2. The van der Waals surface area contributed by atoms with Crippen molar-refractivity contribution >= 4 is 29.1 Å². The highest BCUT2D eigenvalue weighted by molar-refractivity contribution is 6.31. The number of ether oxygens (including phenoxy) is 1. The van der Waals surface area contributed by atoms with Crippen LogP contribution in [0, 0.1) is 12.3 Å². The second-order valence-corrected chi connectivity index (χ2v) is 7.28. The fourth-order valence-corrected chi connectivity index (χ4v) is 2.65. The van der Waals surface area contributed by atoms with Crippen LogP contribution in [0.5, 0.6) is 5.75 Å². The van der Waals surface area contributed by atoms with Gasteiger partial charge in [0.15, 0.2) is 0 Å². The van der Waals surface area contributed by atoms with Gasteiger partial charge in [0, 0.05) is 17.6 Å². The first kappa shape index (κ1) is 20.8. The molecular weight excluding hydrogens is 364 g/mol. The quantitative estimate of drug-likeness (QED) is 0.705. The molecule has 0 fully saturated rings. The number of nitrogens with one attached hydrogen (secondary N) is 2. The lowest BCUT2D eigenvalue weighted by Gasteiger charge is -2.23. The second-order valence-electron chi connectivity index (χ2n) is 6.87. The molecular formula is C21H25ClN2O3. The molecule has 0 aliphatic carbocycles. The summed E-state index contributed by atoms with van der Waals surface area (Å²) in [5.74, 6) is -0.306. The van der Waals surface area contributed by atoms with Crippen LogP contribution in [-0.4, -0.2) is 25.5 Å². The molecule has 0 aliphatic heterocycles. The van der Waals surface area contributed by atoms with Crippen LogP contribution in [0.1, 0.15) is 25.0 Å². The molecule has 2 aromatic carbocycles. The van der Waals surface area contributed by atoms with Gasteiger partial charge in [0.1, 0.15) is 11.2 Å². The van der Waals surface area contributed by atoms with Gasteiger partial charge in [-0.05, 0) is 44.4 Å². The molecule has 0 aromatic heterocycles. The Morgan fingerprint density at radius 3 is 2.41 bits per heavy atom. The van der Waals surface area contributed by atoms with E-state index in [1.54, 1.807) is 26.0 Å². The van der Waals surface area contributed by atoms with E-state index < -0.39 is 11.3 Å². The Labute approximate surface area is 165 Å². The van der Waals surface area contributed by atoms with Crippen molar-refractivity contribution < 1.29 is 14.3 Å². The highest BCUT2D eigenvalue weighted by Crippen LogP contribution is 2.32. The lowest BCUT2D eigenvalue weighted by molar-refractivity contribution is -0.138. The van der Waals surface area contributed by atoms with Crippen LogP contribution in [0.25, 0.3) is 0 Å². The number of rotatable bonds is 7. The number of halogens is 1. The van der Waals surface area contributed by atoms with Crippen molar-refractivity contribution in [2.45, 2.75) is 27.2 Å². The minimum absolute atomic E-state index is 0.333. The summed E-state index contributed by atoms with van der Waals surface area (Å²) in [5, 5.41) is 6.15. The first-order valence-electron chi connectivity index (χ1n) is 8.73. The third-order valence-corrected chi connectivity index (χ3v) is 4.81. The SMILES string of the molecule is COc1cc(Cl)c(C)cc1NC(=O)C(C)(C)C(=O)NCCc1ccccc1. The van der Waals surface area contributed by atoms with Gasteiger partial charge in [-0.25, -0.2) is 0 Å². The van der Waals surface area contributed by atoms with E-state index in [0.29, 0.717) is 29.4 Å². The minimum Gasteiger partial charge on any atom is -0.495 e. The van der Waals surface area contributed by atoms with Gasteiger partial charge in [-0.15, -0.1) is 0 Å². The van der Waals surface area contributed by atoms with Gasteiger partial charge in [0.2, 0.25) is 11.8 Å². The Balaban J connectivity index is 2.01. The van der Waals surface area contributed by atoms with Gasteiger partial charge in [-0.1, -0.05) is 41.9 Å². The monoisotopic (exact) mass is 388 g/mol. The molecule has 2 N–H and O–H groups in total. The number of hydrogen-bond acceptors (Lipinski definition) is 3. The average Bonchev–Trinajstić information content (AvgIpc) is 2.65. The van der Waals surface area contributed by atoms with Crippen molar-refractivity contribution in [3.05, 3.63) is 58.6 Å². The molecule has 0 heterocycles. The summed E-state index contributed by atoms with van der Waals surface area (Å²) in [6.07, 6.45) is 0.703. The molecule has 0 atom stereocenters. The summed E-state index contributed by atoms with van der Waals surface area (Å²) in [6.45, 7) is 5.48. The molecule has 144 valence electrons. The van der Waals surface area contributed by atoms with E-state index in [1.165, 1.54) is 7.11 Å². The van der Waals surface area contributed by atoms with Gasteiger partial charge in [0.05, 0.1) is 12.8 Å². The maximum Gasteiger partial charge on any atom is 0.239 e. The van der Waals surface area contributed by atoms with Crippen LogP contribution in [0.3, 0.4) is 0 Å². The van der Waals surface area contributed by atoms with E-state index in [1.807, 2.05) is 37.3 Å². The molecule has 0 saturated heterocycles. The van der Waals surface area contributed by atoms with Gasteiger partial charge < -0.3 is 15.4 Å². The first-order chi connectivity index (χ1) is 12.8. The van der Waals surface area contributed by atoms with Crippen molar-refractivity contribution in [2.24, 2.45) is 5.41 Å². The maximum atomic E-state index is 12.7. The average molecular weight is 389 g/mol. The molecule has 0 spiro atoms. The van der Waals surface area contributed by atoms with Crippen molar-refractivity contribution in [1.29, 1.82) is 0 Å². The molecule has 0 unspecified atom stereocenters. The van der Waals surface area contributed by atoms with E-state index in [9.17, 15) is 9.59 Å². The zero-order chi connectivity index (χ0) is 20.0. The molecule has 2 aromatic rings. The van der Waals surface area contributed by atoms with Crippen molar-refractivity contribution in [3.8, 4) is 5.75 Å². The molecule has 0 bridgehead atoms. The summed E-state index contributed by atoms with van der Waals surface area (Å²) in [4.78, 5) is 25.3. The Morgan fingerprint density at radius 1 is 1.11 bits per heavy atom. The largest absolute Gasteiger partial charge is 0.495 e. The fourth-order valence-electron chi connectivity index (χ4n) is 2.50. The molecule has 0 aliphatic rings. The number of hydrogen-bond donors (Lipinski definition) is 2. The standard InChI is InChI=1S/C21H25ClN2O3/c1-14-12-17(18(27-4)13-16(14)22)24-20(26)21(2,3)19(25)23-11-10-15-8-6-5-7-9-15/h5-9,12-13H,10-11H2,1-4H3,(H,23,25)(H,24,26). The van der Waals surface area contributed by atoms with Crippen molar-refractivity contribution in [2.75, 3.05) is 19.0 Å². The molecule has 27 heavy (non-hydrogen) atoms. The van der Waals surface area contributed by atoms with Crippen LogP contribution in [0.2, 0.25) is 5.02 Å². The van der Waals surface area contributed by atoms with Crippen LogP contribution in [0.4, 0.5) is 5.69 Å². The fraction of sp³-hybridized carbons (Fsp3) is 0.333. The Bertz CT molecular complexity index is 820. The van der Waals surface area contributed by atoms with Crippen molar-refractivity contribution in [1.82, 2.24) is 5.32 Å². The summed E-state index contributed by atoms with van der Waals surface area (Å²) < 4.78 is 5.27. The highest BCUT2D eigenvalue weighted by atomic mass is 35.5. The van der Waals surface area contributed by atoms with Gasteiger partial charge in [-0.3, -0.25) is 9.59 Å². The molecule has 0 saturated carbocycles. The second kappa shape index (κ2) is 8.91. The van der Waals surface area contributed by atoms with E-state index in [-0.39, 0.29) is 5.91 Å². The smallest absolute Gasteiger partial charge is 0.239 e. The molecule has 0 radical (unpaired) electrons. The van der Waals surface area contributed by atoms with Gasteiger partial charge in [0.25, 0.3) is 0 Å². The number of aryl methyl sites for hydroxylation is 1. The highest BCUT2D eigenvalue weighted by Gasteiger charge is 2.36. The van der Waals surface area contributed by atoms with E-state index in [0.717, 1.165) is 11.1 Å². The predicted octanol–water partition coefficient (Wildman–Crippen LogP) is 3.98. The van der Waals surface area contributed by atoms with Crippen LogP contribution in [0.15, 0.2) is 42.5 Å². The molecule has 5 nitrogen and oxygen atoms in total. The summed E-state index contributed by atoms with van der Waals surface area (Å²) >= 11 is 6.09. The summed E-state index contributed by atoms with van der Waals surface area (Å²) in [7, 11) is 1.50. The van der Waals surface area contributed by atoms with Crippen molar-refractivity contribution in [3.63, 3.8) is 0 Å². The Morgan fingerprint density at radius 2 is 1.78 bits per heavy atom. The lowest BCUT2D eigenvalue weighted by atomic mass is 9.90. The Kier molecular flexibility index (Phi) is 6.86. The number of carbonyl (C=O) groups is 2. The van der Waals surface area contributed by atoms with Crippen LogP contribution >= 0.6 is 11.6 Å². The summed E-state index contributed by atoms with van der Waals surface area (Å²) in [5.41, 5.74) is 1.17. The third kappa shape index (κ3) is 5.23. The third-order valence-electron chi connectivity index (χ3n) is 4.41.